The lowest BCUT2D eigenvalue weighted by atomic mass is 10.2. The second kappa shape index (κ2) is 9.68. The summed E-state index contributed by atoms with van der Waals surface area (Å²) in [5.74, 6) is -1.64. The van der Waals surface area contributed by atoms with Crippen LogP contribution in [0.3, 0.4) is 0 Å². The Balaban J connectivity index is 1.50. The van der Waals surface area contributed by atoms with Crippen molar-refractivity contribution in [3.63, 3.8) is 0 Å². The van der Waals surface area contributed by atoms with Crippen molar-refractivity contribution in [3.05, 3.63) is 97.6 Å². The van der Waals surface area contributed by atoms with Crippen molar-refractivity contribution in [2.75, 3.05) is 10.2 Å². The second-order valence-corrected chi connectivity index (χ2v) is 8.78. The molecular weight excluding hydrogens is 522 g/mol. The molecule has 1 heterocycles. The first-order valence-corrected chi connectivity index (χ1v) is 11.3. The summed E-state index contributed by atoms with van der Waals surface area (Å²) in [6, 6.07) is 15.6. The van der Waals surface area contributed by atoms with Crippen LogP contribution >= 0.6 is 46.4 Å². The number of benzene rings is 3. The first-order chi connectivity index (χ1) is 16.2. The molecule has 1 N–H and O–H groups in total. The number of esters is 1. The molecule has 10 heteroatoms. The maximum Gasteiger partial charge on any atom is 0.343 e. The average Bonchev–Trinajstić information content (AvgIpc) is 3.02. The van der Waals surface area contributed by atoms with Crippen LogP contribution in [0.1, 0.15) is 15.9 Å². The van der Waals surface area contributed by atoms with Crippen molar-refractivity contribution >= 4 is 75.6 Å². The van der Waals surface area contributed by atoms with Gasteiger partial charge in [0, 0.05) is 10.7 Å². The van der Waals surface area contributed by atoms with Crippen LogP contribution in [-0.2, 0) is 9.59 Å². The van der Waals surface area contributed by atoms with E-state index in [4.69, 9.17) is 51.1 Å². The van der Waals surface area contributed by atoms with Crippen LogP contribution < -0.4 is 15.0 Å². The van der Waals surface area contributed by atoms with Gasteiger partial charge in [0.15, 0.2) is 0 Å². The third kappa shape index (κ3) is 4.63. The fourth-order valence-electron chi connectivity index (χ4n) is 3.18. The van der Waals surface area contributed by atoms with Gasteiger partial charge in [-0.2, -0.15) is 0 Å². The molecule has 4 rings (SSSR count). The summed E-state index contributed by atoms with van der Waals surface area (Å²) in [5, 5.41) is 3.33. The smallest absolute Gasteiger partial charge is 0.343 e. The molecule has 6 nitrogen and oxygen atoms in total. The van der Waals surface area contributed by atoms with E-state index in [9.17, 15) is 14.4 Å². The predicted molar refractivity (Wildman–Crippen MR) is 133 cm³/mol. The predicted octanol–water partition coefficient (Wildman–Crippen LogP) is 6.61. The van der Waals surface area contributed by atoms with Gasteiger partial charge >= 0.3 is 5.97 Å². The SMILES string of the molecule is Cc1cc(OC(=O)c2ccc(NC3=C(Cl)C(=O)N(c4cccc(Cl)c4Cl)C3=O)cc2)ccc1Cl. The highest BCUT2D eigenvalue weighted by atomic mass is 35.5. The molecule has 0 unspecified atom stereocenters. The summed E-state index contributed by atoms with van der Waals surface area (Å²) in [7, 11) is 0. The monoisotopic (exact) mass is 534 g/mol. The van der Waals surface area contributed by atoms with E-state index >= 15 is 0 Å². The Labute approximate surface area is 214 Å². The molecule has 0 aromatic heterocycles. The Morgan fingerprint density at radius 2 is 1.59 bits per heavy atom. The van der Waals surface area contributed by atoms with E-state index in [1.54, 1.807) is 43.3 Å². The van der Waals surface area contributed by atoms with Gasteiger partial charge in [0.25, 0.3) is 11.8 Å². The molecule has 0 radical (unpaired) electrons. The zero-order valence-corrected chi connectivity index (χ0v) is 20.4. The number of anilines is 2. The summed E-state index contributed by atoms with van der Waals surface area (Å²) in [6.07, 6.45) is 0. The van der Waals surface area contributed by atoms with Gasteiger partial charge in [0.2, 0.25) is 0 Å². The minimum Gasteiger partial charge on any atom is -0.423 e. The average molecular weight is 536 g/mol. The van der Waals surface area contributed by atoms with Gasteiger partial charge < -0.3 is 10.1 Å². The number of nitrogens with one attached hydrogen (secondary N) is 1. The Morgan fingerprint density at radius 1 is 0.882 bits per heavy atom. The minimum atomic E-state index is -0.739. The van der Waals surface area contributed by atoms with E-state index in [0.717, 1.165) is 10.5 Å². The highest BCUT2D eigenvalue weighted by Crippen LogP contribution is 2.37. The fourth-order valence-corrected chi connectivity index (χ4v) is 3.89. The lowest BCUT2D eigenvalue weighted by molar-refractivity contribution is -0.120. The third-order valence-corrected chi connectivity index (χ3v) is 6.51. The largest absolute Gasteiger partial charge is 0.423 e. The number of carbonyl (C=O) groups is 3. The maximum atomic E-state index is 12.9. The van der Waals surface area contributed by atoms with Crippen LogP contribution in [0.5, 0.6) is 5.75 Å². The molecule has 34 heavy (non-hydrogen) atoms. The number of aryl methyl sites for hydroxylation is 1. The Morgan fingerprint density at radius 3 is 2.26 bits per heavy atom. The number of halogens is 4. The Hall–Kier alpha value is -3.03. The van der Waals surface area contributed by atoms with Crippen LogP contribution in [0, 0.1) is 6.92 Å². The molecule has 1 aliphatic rings. The van der Waals surface area contributed by atoms with Crippen molar-refractivity contribution in [3.8, 4) is 5.75 Å². The third-order valence-electron chi connectivity index (χ3n) is 4.93. The number of nitrogens with zero attached hydrogens (tertiary/aromatic N) is 1. The zero-order chi connectivity index (χ0) is 24.6. The summed E-state index contributed by atoms with van der Waals surface area (Å²) in [6.45, 7) is 1.80. The van der Waals surface area contributed by atoms with E-state index in [0.29, 0.717) is 16.5 Å². The maximum absolute atomic E-state index is 12.9. The van der Waals surface area contributed by atoms with Gasteiger partial charge in [-0.1, -0.05) is 52.5 Å². The molecule has 0 fully saturated rings. The summed E-state index contributed by atoms with van der Waals surface area (Å²) in [5.41, 5.74) is 1.47. The van der Waals surface area contributed by atoms with Crippen LogP contribution in [0.4, 0.5) is 11.4 Å². The summed E-state index contributed by atoms with van der Waals surface area (Å²) >= 11 is 24.3. The highest BCUT2D eigenvalue weighted by Gasteiger charge is 2.40. The van der Waals surface area contributed by atoms with Gasteiger partial charge in [-0.05, 0) is 67.1 Å². The number of carbonyl (C=O) groups excluding carboxylic acids is 3. The molecule has 0 saturated heterocycles. The molecule has 1 aliphatic heterocycles. The molecule has 172 valence electrons. The van der Waals surface area contributed by atoms with E-state index in [1.807, 2.05) is 0 Å². The Bertz CT molecular complexity index is 1370. The van der Waals surface area contributed by atoms with Crippen molar-refractivity contribution in [2.45, 2.75) is 6.92 Å². The van der Waals surface area contributed by atoms with E-state index in [2.05, 4.69) is 5.32 Å². The number of amides is 2. The van der Waals surface area contributed by atoms with Crippen LogP contribution in [0.2, 0.25) is 15.1 Å². The van der Waals surface area contributed by atoms with Gasteiger partial charge in [0.1, 0.15) is 16.5 Å². The number of imide groups is 1. The number of hydrogen-bond acceptors (Lipinski definition) is 5. The lowest BCUT2D eigenvalue weighted by Gasteiger charge is -2.17. The normalized spacial score (nSPS) is 13.5. The van der Waals surface area contributed by atoms with E-state index in [-0.39, 0.29) is 32.0 Å². The van der Waals surface area contributed by atoms with Crippen LogP contribution in [0.25, 0.3) is 0 Å². The van der Waals surface area contributed by atoms with Gasteiger partial charge in [-0.3, -0.25) is 9.59 Å². The van der Waals surface area contributed by atoms with Gasteiger partial charge in [-0.15, -0.1) is 0 Å². The number of rotatable bonds is 5. The second-order valence-electron chi connectivity index (χ2n) is 7.21. The number of hydrogen-bond donors (Lipinski definition) is 1. The molecular formula is C24H14Cl4N2O4. The van der Waals surface area contributed by atoms with Crippen molar-refractivity contribution in [1.82, 2.24) is 0 Å². The zero-order valence-electron chi connectivity index (χ0n) is 17.4. The summed E-state index contributed by atoms with van der Waals surface area (Å²) in [4.78, 5) is 38.9. The van der Waals surface area contributed by atoms with E-state index in [1.165, 1.54) is 24.3 Å². The molecule has 0 aliphatic carbocycles. The quantitative estimate of drug-likeness (QED) is 0.226. The van der Waals surface area contributed by atoms with Crippen molar-refractivity contribution in [1.29, 1.82) is 0 Å². The standard InChI is InChI=1S/C24H14Cl4N2O4/c1-12-11-15(9-10-16(12)25)34-24(33)13-5-7-14(8-6-13)29-21-20(28)22(31)30(23(21)32)18-4-2-3-17(26)19(18)27/h2-11,29H,1H3. The van der Waals surface area contributed by atoms with Gasteiger partial charge in [-0.25, -0.2) is 9.69 Å². The fraction of sp³-hybridized carbons (Fsp3) is 0.0417. The summed E-state index contributed by atoms with van der Waals surface area (Å²) < 4.78 is 5.36. The van der Waals surface area contributed by atoms with Gasteiger partial charge in [0.05, 0.1) is 21.3 Å². The van der Waals surface area contributed by atoms with E-state index < -0.39 is 17.8 Å². The molecule has 0 saturated carbocycles. The molecule has 2 amide bonds. The molecule has 0 bridgehead atoms. The molecule has 3 aromatic carbocycles. The van der Waals surface area contributed by atoms with Crippen LogP contribution in [-0.4, -0.2) is 17.8 Å². The molecule has 0 atom stereocenters. The molecule has 3 aromatic rings. The van der Waals surface area contributed by atoms with Crippen LogP contribution in [0.15, 0.2) is 71.4 Å². The minimum absolute atomic E-state index is 0.0512. The number of ether oxygens (including phenoxy) is 1. The topological polar surface area (TPSA) is 75.7 Å². The highest BCUT2D eigenvalue weighted by molar-refractivity contribution is 6.54. The van der Waals surface area contributed by atoms with Crippen molar-refractivity contribution < 1.29 is 19.1 Å². The Kier molecular flexibility index (Phi) is 6.86. The van der Waals surface area contributed by atoms with Crippen molar-refractivity contribution in [2.24, 2.45) is 0 Å². The first-order valence-electron chi connectivity index (χ1n) is 9.75. The lowest BCUT2D eigenvalue weighted by Crippen LogP contribution is -2.32. The molecule has 0 spiro atoms. The first kappa shape index (κ1) is 24.1.